The van der Waals surface area contributed by atoms with Crippen LogP contribution in [-0.4, -0.2) is 22.8 Å². The van der Waals surface area contributed by atoms with E-state index >= 15 is 0 Å². The second kappa shape index (κ2) is 7.26. The zero-order valence-electron chi connectivity index (χ0n) is 14.2. The van der Waals surface area contributed by atoms with Gasteiger partial charge in [0.1, 0.15) is 5.82 Å². The number of carbonyl (C=O) groups is 1. The highest BCUT2D eigenvalue weighted by atomic mass is 19.1. The molecule has 0 aliphatic carbocycles. The van der Waals surface area contributed by atoms with Gasteiger partial charge in [0.2, 0.25) is 0 Å². The Morgan fingerprint density at radius 3 is 2.32 bits per heavy atom. The highest BCUT2D eigenvalue weighted by Gasteiger charge is 2.18. The first-order valence-electron chi connectivity index (χ1n) is 8.09. The van der Waals surface area contributed by atoms with E-state index < -0.39 is 0 Å². The Hall–Kier alpha value is -3.01. The number of benzene rings is 2. The van der Waals surface area contributed by atoms with Gasteiger partial charge < -0.3 is 4.90 Å². The van der Waals surface area contributed by atoms with Crippen molar-refractivity contribution in [3.05, 3.63) is 90.0 Å². The minimum absolute atomic E-state index is 0.0570. The number of nitrogens with zero attached hydrogens (tertiary/aromatic N) is 2. The van der Waals surface area contributed by atoms with E-state index in [1.165, 1.54) is 12.1 Å². The van der Waals surface area contributed by atoms with E-state index in [1.807, 2.05) is 37.3 Å². The first kappa shape index (κ1) is 16.8. The van der Waals surface area contributed by atoms with E-state index in [-0.39, 0.29) is 17.8 Å². The second-order valence-corrected chi connectivity index (χ2v) is 5.96. The lowest BCUT2D eigenvalue weighted by Crippen LogP contribution is -2.29. The van der Waals surface area contributed by atoms with Gasteiger partial charge in [0.05, 0.1) is 6.04 Å². The molecule has 0 aliphatic rings. The van der Waals surface area contributed by atoms with Crippen LogP contribution in [-0.2, 0) is 0 Å². The van der Waals surface area contributed by atoms with E-state index in [4.69, 9.17) is 0 Å². The smallest absolute Gasteiger partial charge is 0.254 e. The van der Waals surface area contributed by atoms with Gasteiger partial charge in [-0.25, -0.2) is 4.39 Å². The molecule has 0 fully saturated rings. The molecule has 0 radical (unpaired) electrons. The van der Waals surface area contributed by atoms with Gasteiger partial charge in [-0.15, -0.1) is 0 Å². The minimum atomic E-state index is -0.274. The number of pyridine rings is 1. The largest absolute Gasteiger partial charge is 0.335 e. The molecular formula is C21H19FN2O. The van der Waals surface area contributed by atoms with Crippen molar-refractivity contribution in [1.29, 1.82) is 0 Å². The first-order chi connectivity index (χ1) is 12.1. The summed E-state index contributed by atoms with van der Waals surface area (Å²) in [7, 11) is 1.79. The Morgan fingerprint density at radius 2 is 1.68 bits per heavy atom. The average molecular weight is 334 g/mol. The summed E-state index contributed by atoms with van der Waals surface area (Å²) in [6.07, 6.45) is 3.44. The lowest BCUT2D eigenvalue weighted by molar-refractivity contribution is 0.0742. The number of hydrogen-bond donors (Lipinski definition) is 0. The van der Waals surface area contributed by atoms with Gasteiger partial charge in [-0.3, -0.25) is 9.78 Å². The molecular weight excluding hydrogens is 315 g/mol. The Kier molecular flexibility index (Phi) is 4.89. The third kappa shape index (κ3) is 3.74. The molecule has 0 spiro atoms. The van der Waals surface area contributed by atoms with Crippen LogP contribution in [0, 0.1) is 5.82 Å². The summed E-state index contributed by atoms with van der Waals surface area (Å²) in [5, 5.41) is 0. The third-order valence-electron chi connectivity index (χ3n) is 4.38. The van der Waals surface area contributed by atoms with Gasteiger partial charge in [-0.05, 0) is 60.0 Å². The van der Waals surface area contributed by atoms with Crippen LogP contribution in [0.5, 0.6) is 0 Å². The molecule has 3 nitrogen and oxygen atoms in total. The molecule has 2 aromatic carbocycles. The van der Waals surface area contributed by atoms with Crippen LogP contribution in [0.3, 0.4) is 0 Å². The van der Waals surface area contributed by atoms with Crippen LogP contribution in [0.25, 0.3) is 11.1 Å². The number of hydrogen-bond acceptors (Lipinski definition) is 2. The Balaban J connectivity index is 1.78. The zero-order valence-corrected chi connectivity index (χ0v) is 14.2. The van der Waals surface area contributed by atoms with E-state index in [9.17, 15) is 9.18 Å². The molecule has 126 valence electrons. The molecule has 0 unspecified atom stereocenters. The molecule has 1 atom stereocenters. The topological polar surface area (TPSA) is 33.2 Å². The van der Waals surface area contributed by atoms with E-state index in [2.05, 4.69) is 4.98 Å². The van der Waals surface area contributed by atoms with E-state index in [1.54, 1.807) is 42.5 Å². The second-order valence-electron chi connectivity index (χ2n) is 5.96. The predicted octanol–water partition coefficient (Wildman–Crippen LogP) is 4.72. The van der Waals surface area contributed by atoms with E-state index in [0.29, 0.717) is 5.56 Å². The maximum atomic E-state index is 13.4. The maximum Gasteiger partial charge on any atom is 0.254 e. The number of halogens is 1. The van der Waals surface area contributed by atoms with Crippen LogP contribution in [0.4, 0.5) is 4.39 Å². The minimum Gasteiger partial charge on any atom is -0.335 e. The standard InChI is InChI=1S/C21H19FN2O/c1-15(16-10-12-23-13-11-16)24(2)21(25)18-8-6-17(7-9-18)19-4-3-5-20(22)14-19/h3-15H,1-2H3/t15-/m0/s1. The van der Waals surface area contributed by atoms with Crippen molar-refractivity contribution in [3.8, 4) is 11.1 Å². The maximum absolute atomic E-state index is 13.4. The van der Waals surface area contributed by atoms with Gasteiger partial charge in [0.25, 0.3) is 5.91 Å². The average Bonchev–Trinajstić information content (AvgIpc) is 2.67. The van der Waals surface area contributed by atoms with Crippen molar-refractivity contribution >= 4 is 5.91 Å². The first-order valence-corrected chi connectivity index (χ1v) is 8.09. The van der Waals surface area contributed by atoms with Gasteiger partial charge in [-0.1, -0.05) is 24.3 Å². The Bertz CT molecular complexity index is 863. The van der Waals surface area contributed by atoms with Crippen molar-refractivity contribution in [3.63, 3.8) is 0 Å². The SMILES string of the molecule is C[C@@H](c1ccncc1)N(C)C(=O)c1ccc(-c2cccc(F)c2)cc1. The van der Waals surface area contributed by atoms with Crippen molar-refractivity contribution in [2.75, 3.05) is 7.05 Å². The quantitative estimate of drug-likeness (QED) is 0.691. The lowest BCUT2D eigenvalue weighted by atomic mass is 10.0. The molecule has 3 rings (SSSR count). The van der Waals surface area contributed by atoms with E-state index in [0.717, 1.165) is 16.7 Å². The van der Waals surface area contributed by atoms with Gasteiger partial charge in [-0.2, -0.15) is 0 Å². The highest BCUT2D eigenvalue weighted by molar-refractivity contribution is 5.94. The van der Waals surface area contributed by atoms with Crippen LogP contribution in [0.15, 0.2) is 73.1 Å². The summed E-state index contributed by atoms with van der Waals surface area (Å²) in [6, 6.07) is 17.4. The summed E-state index contributed by atoms with van der Waals surface area (Å²) < 4.78 is 13.4. The molecule has 3 aromatic rings. The molecule has 4 heteroatoms. The molecule has 0 aliphatic heterocycles. The fourth-order valence-corrected chi connectivity index (χ4v) is 2.72. The molecule has 0 N–H and O–H groups in total. The van der Waals surface area contributed by atoms with Gasteiger partial charge >= 0.3 is 0 Å². The molecule has 1 amide bonds. The monoisotopic (exact) mass is 334 g/mol. The molecule has 0 bridgehead atoms. The normalized spacial score (nSPS) is 11.8. The number of carbonyl (C=O) groups excluding carboxylic acids is 1. The fourth-order valence-electron chi connectivity index (χ4n) is 2.72. The van der Waals surface area contributed by atoms with Crippen LogP contribution < -0.4 is 0 Å². The van der Waals surface area contributed by atoms with Gasteiger partial charge in [0.15, 0.2) is 0 Å². The molecule has 25 heavy (non-hydrogen) atoms. The summed E-state index contributed by atoms with van der Waals surface area (Å²) in [6.45, 7) is 1.98. The summed E-state index contributed by atoms with van der Waals surface area (Å²) in [5.74, 6) is -0.335. The zero-order chi connectivity index (χ0) is 17.8. The summed E-state index contributed by atoms with van der Waals surface area (Å²) >= 11 is 0. The van der Waals surface area contributed by atoms with Crippen molar-refractivity contribution in [1.82, 2.24) is 9.88 Å². The fraction of sp³-hybridized carbons (Fsp3) is 0.143. The van der Waals surface area contributed by atoms with Crippen LogP contribution in [0.2, 0.25) is 0 Å². The van der Waals surface area contributed by atoms with Crippen molar-refractivity contribution in [2.24, 2.45) is 0 Å². The van der Waals surface area contributed by atoms with Crippen molar-refractivity contribution < 1.29 is 9.18 Å². The number of rotatable bonds is 4. The van der Waals surface area contributed by atoms with Crippen molar-refractivity contribution in [2.45, 2.75) is 13.0 Å². The summed E-state index contributed by atoms with van der Waals surface area (Å²) in [5.41, 5.74) is 3.30. The van der Waals surface area contributed by atoms with Crippen LogP contribution >= 0.6 is 0 Å². The summed E-state index contributed by atoms with van der Waals surface area (Å²) in [4.78, 5) is 18.4. The van der Waals surface area contributed by atoms with Gasteiger partial charge in [0, 0.05) is 25.0 Å². The molecule has 1 aromatic heterocycles. The predicted molar refractivity (Wildman–Crippen MR) is 96.6 cm³/mol. The number of aromatic nitrogens is 1. The Labute approximate surface area is 146 Å². The highest BCUT2D eigenvalue weighted by Crippen LogP contribution is 2.23. The molecule has 0 saturated heterocycles. The molecule has 0 saturated carbocycles. The Morgan fingerprint density at radius 1 is 1.00 bits per heavy atom. The lowest BCUT2D eigenvalue weighted by Gasteiger charge is -2.25. The number of amides is 1. The third-order valence-corrected chi connectivity index (χ3v) is 4.38. The van der Waals surface area contributed by atoms with Crippen LogP contribution in [0.1, 0.15) is 28.9 Å². The molecule has 1 heterocycles.